The van der Waals surface area contributed by atoms with Gasteiger partial charge in [-0.25, -0.2) is 0 Å². The van der Waals surface area contributed by atoms with Crippen molar-refractivity contribution >= 4 is 28.9 Å². The third-order valence-electron chi connectivity index (χ3n) is 4.42. The fourth-order valence-corrected chi connectivity index (χ4v) is 3.91. The molecule has 2 aliphatic heterocycles. The number of carbonyl (C=O) groups excluding carboxylic acids is 1. The van der Waals surface area contributed by atoms with Crippen molar-refractivity contribution in [1.29, 1.82) is 0 Å². The molecule has 2 aliphatic rings. The SMILES string of the molecule is CCN1CCN(C2=NC(=O)C(=Cc3cccc(OC)c3OC)S2)CC1. The van der Waals surface area contributed by atoms with Gasteiger partial charge in [-0.1, -0.05) is 19.1 Å². The van der Waals surface area contributed by atoms with E-state index in [1.54, 1.807) is 14.2 Å². The maximum absolute atomic E-state index is 12.3. The highest BCUT2D eigenvalue weighted by Crippen LogP contribution is 2.36. The molecule has 0 spiro atoms. The summed E-state index contributed by atoms with van der Waals surface area (Å²) >= 11 is 1.43. The standard InChI is InChI=1S/C18H23N3O3S/c1-4-20-8-10-21(11-9-20)18-19-17(22)15(25-18)12-13-6-5-7-14(23-2)16(13)24-3/h5-7,12H,4,8-11H2,1-3H3. The summed E-state index contributed by atoms with van der Waals surface area (Å²) in [5.41, 5.74) is 0.810. The third-order valence-corrected chi connectivity index (χ3v) is 5.46. The van der Waals surface area contributed by atoms with Gasteiger partial charge in [0.1, 0.15) is 0 Å². The summed E-state index contributed by atoms with van der Waals surface area (Å²) in [6.45, 7) is 7.06. The van der Waals surface area contributed by atoms with Crippen LogP contribution >= 0.6 is 11.8 Å². The fourth-order valence-electron chi connectivity index (χ4n) is 2.96. The number of amidine groups is 1. The van der Waals surface area contributed by atoms with Crippen LogP contribution in [0.25, 0.3) is 6.08 Å². The highest BCUT2D eigenvalue weighted by molar-refractivity contribution is 8.18. The summed E-state index contributed by atoms with van der Waals surface area (Å²) in [7, 11) is 3.19. The van der Waals surface area contributed by atoms with Gasteiger partial charge in [0.15, 0.2) is 16.7 Å². The molecular formula is C18H23N3O3S. The van der Waals surface area contributed by atoms with Crippen LogP contribution in [0, 0.1) is 0 Å². The molecule has 1 saturated heterocycles. The molecule has 1 fully saturated rings. The lowest BCUT2D eigenvalue weighted by atomic mass is 10.1. The van der Waals surface area contributed by atoms with Crippen LogP contribution < -0.4 is 9.47 Å². The van der Waals surface area contributed by atoms with Crippen molar-refractivity contribution in [3.8, 4) is 11.5 Å². The van der Waals surface area contributed by atoms with Crippen molar-refractivity contribution in [2.24, 2.45) is 4.99 Å². The number of thioether (sulfide) groups is 1. The summed E-state index contributed by atoms with van der Waals surface area (Å²) < 4.78 is 10.8. The Kier molecular flexibility index (Phi) is 5.65. The molecule has 1 aromatic carbocycles. The number of hydrogen-bond acceptors (Lipinski definition) is 6. The van der Waals surface area contributed by atoms with Crippen LogP contribution in [0.3, 0.4) is 0 Å². The zero-order valence-electron chi connectivity index (χ0n) is 14.8. The lowest BCUT2D eigenvalue weighted by Gasteiger charge is -2.34. The second kappa shape index (κ2) is 7.93. The molecule has 0 aromatic heterocycles. The number of carbonyl (C=O) groups is 1. The van der Waals surface area contributed by atoms with Crippen LogP contribution in [0.5, 0.6) is 11.5 Å². The average molecular weight is 361 g/mol. The predicted molar refractivity (Wildman–Crippen MR) is 101 cm³/mol. The van der Waals surface area contributed by atoms with Gasteiger partial charge in [0.05, 0.1) is 19.1 Å². The molecule has 0 unspecified atom stereocenters. The lowest BCUT2D eigenvalue weighted by Crippen LogP contribution is -2.47. The molecule has 3 rings (SSSR count). The first-order chi connectivity index (χ1) is 12.2. The first kappa shape index (κ1) is 17.8. The van der Waals surface area contributed by atoms with Gasteiger partial charge in [-0.3, -0.25) is 4.79 Å². The topological polar surface area (TPSA) is 54.4 Å². The monoisotopic (exact) mass is 361 g/mol. The van der Waals surface area contributed by atoms with E-state index in [1.165, 1.54) is 11.8 Å². The fraction of sp³-hybridized carbons (Fsp3) is 0.444. The number of rotatable bonds is 4. The molecule has 2 heterocycles. The molecule has 0 saturated carbocycles. The van der Waals surface area contributed by atoms with Gasteiger partial charge in [-0.05, 0) is 30.4 Å². The van der Waals surface area contributed by atoms with Crippen molar-refractivity contribution in [3.05, 3.63) is 28.7 Å². The number of ether oxygens (including phenoxy) is 2. The van der Waals surface area contributed by atoms with Crippen molar-refractivity contribution < 1.29 is 14.3 Å². The number of methoxy groups -OCH3 is 2. The van der Waals surface area contributed by atoms with E-state index < -0.39 is 0 Å². The number of aliphatic imine (C=N–C) groups is 1. The summed E-state index contributed by atoms with van der Waals surface area (Å²) in [5, 5.41) is 0.800. The first-order valence-corrected chi connectivity index (χ1v) is 9.18. The van der Waals surface area contributed by atoms with Crippen LogP contribution in [0.2, 0.25) is 0 Å². The van der Waals surface area contributed by atoms with E-state index in [2.05, 4.69) is 21.7 Å². The van der Waals surface area contributed by atoms with Crippen LogP contribution in [0.4, 0.5) is 0 Å². The second-order valence-electron chi connectivity index (χ2n) is 5.81. The minimum absolute atomic E-state index is 0.192. The molecule has 1 aromatic rings. The van der Waals surface area contributed by atoms with E-state index in [-0.39, 0.29) is 5.91 Å². The quantitative estimate of drug-likeness (QED) is 0.767. The predicted octanol–water partition coefficient (Wildman–Crippen LogP) is 2.31. The molecule has 0 atom stereocenters. The summed E-state index contributed by atoms with van der Waals surface area (Å²) in [4.78, 5) is 21.8. The third kappa shape index (κ3) is 3.82. The Bertz CT molecular complexity index is 710. The maximum atomic E-state index is 12.3. The van der Waals surface area contributed by atoms with Gasteiger partial charge in [0, 0.05) is 31.7 Å². The van der Waals surface area contributed by atoms with E-state index in [4.69, 9.17) is 9.47 Å². The van der Waals surface area contributed by atoms with E-state index in [1.807, 2.05) is 24.3 Å². The Labute approximate surface area is 152 Å². The number of hydrogen-bond donors (Lipinski definition) is 0. The van der Waals surface area contributed by atoms with E-state index >= 15 is 0 Å². The Morgan fingerprint density at radius 1 is 1.20 bits per heavy atom. The smallest absolute Gasteiger partial charge is 0.286 e. The molecule has 1 amide bonds. The minimum atomic E-state index is -0.192. The van der Waals surface area contributed by atoms with E-state index in [9.17, 15) is 4.79 Å². The Morgan fingerprint density at radius 2 is 1.96 bits per heavy atom. The number of likely N-dealkylation sites (N-methyl/N-ethyl adjacent to an activating group) is 1. The maximum Gasteiger partial charge on any atom is 0.286 e. The van der Waals surface area contributed by atoms with Crippen molar-refractivity contribution in [2.75, 3.05) is 46.9 Å². The van der Waals surface area contributed by atoms with Crippen molar-refractivity contribution in [3.63, 3.8) is 0 Å². The number of para-hydroxylation sites is 1. The van der Waals surface area contributed by atoms with E-state index in [0.717, 1.165) is 43.5 Å². The highest BCUT2D eigenvalue weighted by Gasteiger charge is 2.28. The largest absolute Gasteiger partial charge is 0.493 e. The minimum Gasteiger partial charge on any atom is -0.493 e. The van der Waals surface area contributed by atoms with Crippen LogP contribution in [0.1, 0.15) is 12.5 Å². The van der Waals surface area contributed by atoms with Crippen LogP contribution in [-0.4, -0.2) is 67.8 Å². The molecule has 25 heavy (non-hydrogen) atoms. The van der Waals surface area contributed by atoms with Crippen LogP contribution in [0.15, 0.2) is 28.1 Å². The summed E-state index contributed by atoms with van der Waals surface area (Å²) in [5.74, 6) is 1.07. The summed E-state index contributed by atoms with van der Waals surface area (Å²) in [6, 6.07) is 5.61. The lowest BCUT2D eigenvalue weighted by molar-refractivity contribution is -0.113. The Balaban J connectivity index is 1.76. The first-order valence-electron chi connectivity index (χ1n) is 8.37. The molecule has 134 valence electrons. The Morgan fingerprint density at radius 3 is 2.60 bits per heavy atom. The molecular weight excluding hydrogens is 338 g/mol. The van der Waals surface area contributed by atoms with Gasteiger partial charge in [0.25, 0.3) is 5.91 Å². The molecule has 0 radical (unpaired) electrons. The molecule has 0 bridgehead atoms. The molecule has 6 nitrogen and oxygen atoms in total. The van der Waals surface area contributed by atoms with Gasteiger partial charge < -0.3 is 19.3 Å². The molecule has 7 heteroatoms. The number of amides is 1. The zero-order valence-corrected chi connectivity index (χ0v) is 15.6. The molecule has 0 N–H and O–H groups in total. The number of piperazine rings is 1. The van der Waals surface area contributed by atoms with Gasteiger partial charge in [0.2, 0.25) is 0 Å². The zero-order chi connectivity index (χ0) is 17.8. The second-order valence-corrected chi connectivity index (χ2v) is 6.82. The number of nitrogens with zero attached hydrogens (tertiary/aromatic N) is 3. The van der Waals surface area contributed by atoms with Crippen molar-refractivity contribution in [1.82, 2.24) is 9.80 Å². The van der Waals surface area contributed by atoms with Gasteiger partial charge >= 0.3 is 0 Å². The van der Waals surface area contributed by atoms with Gasteiger partial charge in [-0.2, -0.15) is 4.99 Å². The molecule has 0 aliphatic carbocycles. The number of benzene rings is 1. The highest BCUT2D eigenvalue weighted by atomic mass is 32.2. The van der Waals surface area contributed by atoms with E-state index in [0.29, 0.717) is 16.4 Å². The summed E-state index contributed by atoms with van der Waals surface area (Å²) in [6.07, 6.45) is 1.83. The van der Waals surface area contributed by atoms with Crippen molar-refractivity contribution in [2.45, 2.75) is 6.92 Å². The normalized spacial score (nSPS) is 20.1. The van der Waals surface area contributed by atoms with Gasteiger partial charge in [-0.15, -0.1) is 0 Å². The van der Waals surface area contributed by atoms with Crippen LogP contribution in [-0.2, 0) is 4.79 Å². The average Bonchev–Trinajstić information content (AvgIpc) is 3.02. The Hall–Kier alpha value is -1.99.